The third kappa shape index (κ3) is 4.12. The number of benzene rings is 1. The molecule has 0 bridgehead atoms. The van der Waals surface area contributed by atoms with Gasteiger partial charge in [0.25, 0.3) is 0 Å². The fourth-order valence-corrected chi connectivity index (χ4v) is 2.76. The van der Waals surface area contributed by atoms with Crippen molar-refractivity contribution in [2.24, 2.45) is 0 Å². The maximum Gasteiger partial charge on any atom is 0.241 e. The number of anilines is 1. The molecule has 1 aliphatic rings. The van der Waals surface area contributed by atoms with Gasteiger partial charge in [-0.25, -0.2) is 0 Å². The van der Waals surface area contributed by atoms with Crippen LogP contribution in [0.3, 0.4) is 0 Å². The second kappa shape index (κ2) is 7.31. The van der Waals surface area contributed by atoms with E-state index in [0.29, 0.717) is 41.9 Å². The molecule has 2 rings (SSSR count). The molecule has 5 nitrogen and oxygen atoms in total. The molecule has 0 aliphatic carbocycles. The first kappa shape index (κ1) is 17.1. The average Bonchev–Trinajstić information content (AvgIpc) is 2.50. The molecule has 1 heterocycles. The highest BCUT2D eigenvalue weighted by atomic mass is 35.5. The normalized spacial score (nSPS) is 17.2. The lowest BCUT2D eigenvalue weighted by Crippen LogP contribution is -2.53. The summed E-state index contributed by atoms with van der Waals surface area (Å²) in [7, 11) is 0. The van der Waals surface area contributed by atoms with Gasteiger partial charge in [-0.05, 0) is 25.1 Å². The zero-order valence-corrected chi connectivity index (χ0v) is 14.1. The van der Waals surface area contributed by atoms with Gasteiger partial charge < -0.3 is 10.2 Å². The molecule has 2 amide bonds. The topological polar surface area (TPSA) is 52.7 Å². The molecule has 1 saturated heterocycles. The third-order valence-corrected chi connectivity index (χ3v) is 4.44. The van der Waals surface area contributed by atoms with Gasteiger partial charge in [0.15, 0.2) is 0 Å². The molecule has 0 radical (unpaired) electrons. The monoisotopic (exact) mass is 343 g/mol. The van der Waals surface area contributed by atoms with E-state index in [-0.39, 0.29) is 17.9 Å². The van der Waals surface area contributed by atoms with E-state index in [1.54, 1.807) is 30.0 Å². The van der Waals surface area contributed by atoms with Crippen molar-refractivity contribution in [1.82, 2.24) is 9.80 Å². The summed E-state index contributed by atoms with van der Waals surface area (Å²) in [5.41, 5.74) is 0.508. The first-order valence-electron chi connectivity index (χ1n) is 7.14. The Morgan fingerprint density at radius 1 is 1.18 bits per heavy atom. The number of carbonyl (C=O) groups is 2. The first-order chi connectivity index (χ1) is 10.4. The predicted molar refractivity (Wildman–Crippen MR) is 88.4 cm³/mol. The number of rotatable bonds is 3. The van der Waals surface area contributed by atoms with Gasteiger partial charge in [0.2, 0.25) is 11.8 Å². The van der Waals surface area contributed by atoms with E-state index in [9.17, 15) is 9.59 Å². The smallest absolute Gasteiger partial charge is 0.241 e. The van der Waals surface area contributed by atoms with Crippen LogP contribution in [0.2, 0.25) is 10.0 Å². The summed E-state index contributed by atoms with van der Waals surface area (Å²) in [6, 6.07) is 4.64. The van der Waals surface area contributed by atoms with E-state index >= 15 is 0 Å². The SMILES string of the molecule is CC(=O)N1CCN([C@H](C)C(=O)Nc2cc(Cl)ccc2Cl)CC1. The molecule has 7 heteroatoms. The van der Waals surface area contributed by atoms with E-state index in [4.69, 9.17) is 23.2 Å². The van der Waals surface area contributed by atoms with Gasteiger partial charge >= 0.3 is 0 Å². The van der Waals surface area contributed by atoms with Crippen molar-refractivity contribution in [2.75, 3.05) is 31.5 Å². The summed E-state index contributed by atoms with van der Waals surface area (Å²) in [6.07, 6.45) is 0. The Balaban J connectivity index is 1.95. The molecular formula is C15H19Cl2N3O2. The standard InChI is InChI=1S/C15H19Cl2N3O2/c1-10(19-5-7-20(8-6-19)11(2)21)15(22)18-14-9-12(16)3-4-13(14)17/h3-4,9-10H,5-8H2,1-2H3,(H,18,22)/t10-/m1/s1. The first-order valence-corrected chi connectivity index (χ1v) is 7.89. The minimum absolute atomic E-state index is 0.0717. The molecule has 0 aromatic heterocycles. The molecule has 0 saturated carbocycles. The van der Waals surface area contributed by atoms with Crippen LogP contribution in [0.15, 0.2) is 18.2 Å². The maximum absolute atomic E-state index is 12.4. The Labute approximate surface area is 140 Å². The lowest BCUT2D eigenvalue weighted by atomic mass is 10.2. The van der Waals surface area contributed by atoms with E-state index in [0.717, 1.165) is 0 Å². The number of amides is 2. The minimum atomic E-state index is -0.302. The van der Waals surface area contributed by atoms with Crippen LogP contribution in [0, 0.1) is 0 Å². The second-order valence-electron chi connectivity index (χ2n) is 5.33. The molecule has 22 heavy (non-hydrogen) atoms. The van der Waals surface area contributed by atoms with Crippen LogP contribution >= 0.6 is 23.2 Å². The van der Waals surface area contributed by atoms with Crippen LogP contribution in [0.25, 0.3) is 0 Å². The van der Waals surface area contributed by atoms with Crippen molar-refractivity contribution in [3.63, 3.8) is 0 Å². The van der Waals surface area contributed by atoms with Gasteiger partial charge in [0.05, 0.1) is 16.8 Å². The molecule has 0 spiro atoms. The number of carbonyl (C=O) groups excluding carboxylic acids is 2. The molecule has 1 aromatic rings. The molecule has 1 atom stereocenters. The van der Waals surface area contributed by atoms with Crippen LogP contribution < -0.4 is 5.32 Å². The number of piperazine rings is 1. The van der Waals surface area contributed by atoms with E-state index in [1.165, 1.54) is 0 Å². The number of nitrogens with zero attached hydrogens (tertiary/aromatic N) is 2. The summed E-state index contributed by atoms with van der Waals surface area (Å²) < 4.78 is 0. The summed E-state index contributed by atoms with van der Waals surface area (Å²) in [4.78, 5) is 27.5. The summed E-state index contributed by atoms with van der Waals surface area (Å²) in [5, 5.41) is 3.77. The second-order valence-corrected chi connectivity index (χ2v) is 6.18. The highest BCUT2D eigenvalue weighted by molar-refractivity contribution is 6.35. The predicted octanol–water partition coefficient (Wildman–Crippen LogP) is 2.48. The molecule has 0 unspecified atom stereocenters. The van der Waals surface area contributed by atoms with Crippen molar-refractivity contribution in [2.45, 2.75) is 19.9 Å². The Bertz CT molecular complexity index is 572. The lowest BCUT2D eigenvalue weighted by Gasteiger charge is -2.37. The van der Waals surface area contributed by atoms with Crippen molar-refractivity contribution in [3.05, 3.63) is 28.2 Å². The number of hydrogen-bond donors (Lipinski definition) is 1. The highest BCUT2D eigenvalue weighted by Crippen LogP contribution is 2.25. The highest BCUT2D eigenvalue weighted by Gasteiger charge is 2.26. The Kier molecular flexibility index (Phi) is 5.67. The van der Waals surface area contributed by atoms with Crippen LogP contribution in [0.4, 0.5) is 5.69 Å². The fraction of sp³-hybridized carbons (Fsp3) is 0.467. The Morgan fingerprint density at radius 3 is 2.41 bits per heavy atom. The third-order valence-electron chi connectivity index (χ3n) is 3.87. The molecule has 120 valence electrons. The lowest BCUT2D eigenvalue weighted by molar-refractivity contribution is -0.131. The van der Waals surface area contributed by atoms with Crippen LogP contribution in [0.5, 0.6) is 0 Å². The van der Waals surface area contributed by atoms with Gasteiger partial charge in [-0.1, -0.05) is 23.2 Å². The largest absolute Gasteiger partial charge is 0.340 e. The molecular weight excluding hydrogens is 325 g/mol. The quantitative estimate of drug-likeness (QED) is 0.917. The number of halogens is 2. The molecule has 1 aromatic carbocycles. The summed E-state index contributed by atoms with van der Waals surface area (Å²) in [6.45, 7) is 6.05. The van der Waals surface area contributed by atoms with Crippen molar-refractivity contribution in [1.29, 1.82) is 0 Å². The Hall–Kier alpha value is -1.30. The molecule has 1 fully saturated rings. The zero-order chi connectivity index (χ0) is 16.3. The Morgan fingerprint density at radius 2 is 1.82 bits per heavy atom. The van der Waals surface area contributed by atoms with Crippen LogP contribution in [-0.4, -0.2) is 53.8 Å². The van der Waals surface area contributed by atoms with Gasteiger partial charge in [-0.15, -0.1) is 0 Å². The fourth-order valence-electron chi connectivity index (χ4n) is 2.42. The van der Waals surface area contributed by atoms with E-state index < -0.39 is 0 Å². The number of nitrogens with one attached hydrogen (secondary N) is 1. The van der Waals surface area contributed by atoms with E-state index in [1.807, 2.05) is 11.8 Å². The number of hydrogen-bond acceptors (Lipinski definition) is 3. The molecule has 1 N–H and O–H groups in total. The van der Waals surface area contributed by atoms with Crippen LogP contribution in [0.1, 0.15) is 13.8 Å². The minimum Gasteiger partial charge on any atom is -0.340 e. The van der Waals surface area contributed by atoms with Crippen LogP contribution in [-0.2, 0) is 9.59 Å². The van der Waals surface area contributed by atoms with Gasteiger partial charge in [0, 0.05) is 38.1 Å². The summed E-state index contributed by atoms with van der Waals surface area (Å²) >= 11 is 12.0. The van der Waals surface area contributed by atoms with Crippen molar-refractivity contribution < 1.29 is 9.59 Å². The van der Waals surface area contributed by atoms with Crippen molar-refractivity contribution >= 4 is 40.7 Å². The maximum atomic E-state index is 12.4. The average molecular weight is 344 g/mol. The summed E-state index contributed by atoms with van der Waals surface area (Å²) in [5.74, 6) is -0.0668. The van der Waals surface area contributed by atoms with Gasteiger partial charge in [0.1, 0.15) is 0 Å². The molecule has 1 aliphatic heterocycles. The van der Waals surface area contributed by atoms with Gasteiger partial charge in [-0.3, -0.25) is 14.5 Å². The van der Waals surface area contributed by atoms with Gasteiger partial charge in [-0.2, -0.15) is 0 Å². The van der Waals surface area contributed by atoms with Crippen molar-refractivity contribution in [3.8, 4) is 0 Å². The zero-order valence-electron chi connectivity index (χ0n) is 12.6. The van der Waals surface area contributed by atoms with E-state index in [2.05, 4.69) is 5.32 Å².